The van der Waals surface area contributed by atoms with E-state index in [1.807, 2.05) is 55.5 Å². The summed E-state index contributed by atoms with van der Waals surface area (Å²) in [6, 6.07) is 15.5. The molecule has 0 unspecified atom stereocenters. The molecule has 8 nitrogen and oxygen atoms in total. The van der Waals surface area contributed by atoms with Crippen LogP contribution in [-0.4, -0.2) is 31.2 Å². The number of halogens is 1. The summed E-state index contributed by atoms with van der Waals surface area (Å²) in [5.74, 6) is 2.04. The molecule has 0 aliphatic carbocycles. The van der Waals surface area contributed by atoms with Gasteiger partial charge in [-0.3, -0.25) is 9.89 Å². The summed E-state index contributed by atoms with van der Waals surface area (Å²) in [7, 11) is 0. The molecule has 2 N–H and O–H groups in total. The molecule has 158 valence electrons. The van der Waals surface area contributed by atoms with Crippen molar-refractivity contribution in [3.63, 3.8) is 0 Å². The van der Waals surface area contributed by atoms with Gasteiger partial charge in [0.2, 0.25) is 17.0 Å². The van der Waals surface area contributed by atoms with Gasteiger partial charge in [-0.1, -0.05) is 63.2 Å². The molecule has 1 amide bonds. The summed E-state index contributed by atoms with van der Waals surface area (Å²) in [6.07, 6.45) is 0.628. The smallest absolute Gasteiger partial charge is 0.227 e. The molecule has 0 saturated carbocycles. The molecule has 4 rings (SSSR count). The number of carbonyl (C=O) groups is 1. The Morgan fingerprint density at radius 3 is 2.84 bits per heavy atom. The first-order valence-corrected chi connectivity index (χ1v) is 11.3. The first kappa shape index (κ1) is 21.3. The maximum atomic E-state index is 12.2. The van der Waals surface area contributed by atoms with Crippen LogP contribution >= 0.6 is 27.7 Å². The number of amides is 1. The SMILES string of the molecule is Cc1cc(NC(=O)CCc2nc(CSc3n[nH]c(-c4ccccc4)n3)no2)ccc1Br. The van der Waals surface area contributed by atoms with Crippen LogP contribution < -0.4 is 5.32 Å². The monoisotopic (exact) mass is 498 g/mol. The number of thioether (sulfide) groups is 1. The third-order valence-electron chi connectivity index (χ3n) is 4.36. The van der Waals surface area contributed by atoms with Crippen molar-refractivity contribution in [2.45, 2.75) is 30.7 Å². The van der Waals surface area contributed by atoms with Crippen LogP contribution in [0.15, 0.2) is 62.7 Å². The zero-order valence-electron chi connectivity index (χ0n) is 16.6. The van der Waals surface area contributed by atoms with Crippen molar-refractivity contribution in [1.82, 2.24) is 25.3 Å². The van der Waals surface area contributed by atoms with E-state index in [4.69, 9.17) is 4.52 Å². The second kappa shape index (κ2) is 9.88. The topological polar surface area (TPSA) is 110 Å². The first-order valence-electron chi connectivity index (χ1n) is 9.55. The van der Waals surface area contributed by atoms with Gasteiger partial charge in [-0.05, 0) is 30.7 Å². The lowest BCUT2D eigenvalue weighted by Crippen LogP contribution is -2.12. The van der Waals surface area contributed by atoms with Gasteiger partial charge in [0, 0.05) is 28.6 Å². The summed E-state index contributed by atoms with van der Waals surface area (Å²) in [4.78, 5) is 21.0. The predicted molar refractivity (Wildman–Crippen MR) is 122 cm³/mol. The second-order valence-electron chi connectivity index (χ2n) is 6.74. The fourth-order valence-corrected chi connectivity index (χ4v) is 3.67. The van der Waals surface area contributed by atoms with Crippen molar-refractivity contribution in [3.05, 3.63) is 70.3 Å². The number of rotatable bonds is 8. The Morgan fingerprint density at radius 2 is 2.03 bits per heavy atom. The van der Waals surface area contributed by atoms with E-state index in [0.29, 0.717) is 34.9 Å². The van der Waals surface area contributed by atoms with E-state index in [2.05, 4.69) is 46.6 Å². The van der Waals surface area contributed by atoms with E-state index in [1.165, 1.54) is 11.8 Å². The summed E-state index contributed by atoms with van der Waals surface area (Å²) in [5.41, 5.74) is 2.79. The standard InChI is InChI=1S/C21H19BrN6O2S/c1-13-11-15(7-8-16(13)22)23-18(29)9-10-19-24-17(28-30-19)12-31-21-25-20(26-27-21)14-5-3-2-4-6-14/h2-8,11H,9-10,12H2,1H3,(H,23,29)(H,25,26,27). The number of carbonyl (C=O) groups excluding carboxylic acids is 1. The number of aromatic nitrogens is 5. The molecule has 0 radical (unpaired) electrons. The molecule has 2 aromatic heterocycles. The molecule has 0 spiro atoms. The van der Waals surface area contributed by atoms with Crippen LogP contribution in [0.2, 0.25) is 0 Å². The van der Waals surface area contributed by atoms with Crippen LogP contribution in [0.5, 0.6) is 0 Å². The highest BCUT2D eigenvalue weighted by Crippen LogP contribution is 2.22. The number of nitrogens with zero attached hydrogens (tertiary/aromatic N) is 4. The number of nitrogens with one attached hydrogen (secondary N) is 2. The lowest BCUT2D eigenvalue weighted by atomic mass is 10.2. The molecule has 0 fully saturated rings. The minimum atomic E-state index is -0.106. The van der Waals surface area contributed by atoms with Gasteiger partial charge < -0.3 is 9.84 Å². The second-order valence-corrected chi connectivity index (χ2v) is 8.53. The maximum Gasteiger partial charge on any atom is 0.227 e. The van der Waals surface area contributed by atoms with Gasteiger partial charge in [0.25, 0.3) is 0 Å². The highest BCUT2D eigenvalue weighted by atomic mass is 79.9. The Morgan fingerprint density at radius 1 is 1.19 bits per heavy atom. The lowest BCUT2D eigenvalue weighted by molar-refractivity contribution is -0.116. The number of hydrogen-bond donors (Lipinski definition) is 2. The molecule has 10 heteroatoms. The highest BCUT2D eigenvalue weighted by molar-refractivity contribution is 9.10. The number of aromatic amines is 1. The number of anilines is 1. The van der Waals surface area contributed by atoms with Gasteiger partial charge in [0.05, 0.1) is 5.75 Å². The third-order valence-corrected chi connectivity index (χ3v) is 6.09. The predicted octanol–water partition coefficient (Wildman–Crippen LogP) is 4.79. The van der Waals surface area contributed by atoms with E-state index in [9.17, 15) is 4.79 Å². The van der Waals surface area contributed by atoms with Crippen molar-refractivity contribution < 1.29 is 9.32 Å². The Balaban J connectivity index is 1.25. The number of aryl methyl sites for hydroxylation is 2. The average Bonchev–Trinajstić information content (AvgIpc) is 3.44. The Kier molecular flexibility index (Phi) is 6.78. The van der Waals surface area contributed by atoms with Gasteiger partial charge in [-0.15, -0.1) is 5.10 Å². The zero-order chi connectivity index (χ0) is 21.6. The van der Waals surface area contributed by atoms with Gasteiger partial charge in [-0.25, -0.2) is 4.98 Å². The van der Waals surface area contributed by atoms with Gasteiger partial charge >= 0.3 is 0 Å². The molecule has 0 atom stereocenters. The largest absolute Gasteiger partial charge is 0.339 e. The lowest BCUT2D eigenvalue weighted by Gasteiger charge is -2.06. The molecule has 2 aromatic carbocycles. The minimum absolute atomic E-state index is 0.106. The Bertz CT molecular complexity index is 1180. The highest BCUT2D eigenvalue weighted by Gasteiger charge is 2.12. The zero-order valence-corrected chi connectivity index (χ0v) is 19.0. The molecule has 0 bridgehead atoms. The first-order chi connectivity index (χ1) is 15.1. The number of hydrogen-bond acceptors (Lipinski definition) is 7. The van der Waals surface area contributed by atoms with E-state index in [1.54, 1.807) is 0 Å². The fourth-order valence-electron chi connectivity index (χ4n) is 2.78. The van der Waals surface area contributed by atoms with Gasteiger partial charge in [-0.2, -0.15) is 4.98 Å². The fraction of sp³-hybridized carbons (Fsp3) is 0.190. The van der Waals surface area contributed by atoms with E-state index in [-0.39, 0.29) is 12.3 Å². The third kappa shape index (κ3) is 5.80. The molecule has 31 heavy (non-hydrogen) atoms. The summed E-state index contributed by atoms with van der Waals surface area (Å²) in [6.45, 7) is 1.97. The number of benzene rings is 2. The van der Waals surface area contributed by atoms with Crippen LogP contribution in [0.25, 0.3) is 11.4 Å². The maximum absolute atomic E-state index is 12.2. The Hall–Kier alpha value is -2.98. The number of H-pyrrole nitrogens is 1. The van der Waals surface area contributed by atoms with Crippen molar-refractivity contribution in [1.29, 1.82) is 0 Å². The van der Waals surface area contributed by atoms with Crippen LogP contribution in [-0.2, 0) is 17.0 Å². The van der Waals surface area contributed by atoms with Crippen molar-refractivity contribution in [3.8, 4) is 11.4 Å². The van der Waals surface area contributed by atoms with Gasteiger partial charge in [0.1, 0.15) is 0 Å². The van der Waals surface area contributed by atoms with E-state index in [0.717, 1.165) is 21.3 Å². The van der Waals surface area contributed by atoms with Gasteiger partial charge in [0.15, 0.2) is 11.6 Å². The van der Waals surface area contributed by atoms with Crippen molar-refractivity contribution >= 4 is 39.3 Å². The van der Waals surface area contributed by atoms with Crippen molar-refractivity contribution in [2.75, 3.05) is 5.32 Å². The quantitative estimate of drug-likeness (QED) is 0.336. The minimum Gasteiger partial charge on any atom is -0.339 e. The van der Waals surface area contributed by atoms with Crippen LogP contribution in [0.4, 0.5) is 5.69 Å². The summed E-state index contributed by atoms with van der Waals surface area (Å²) < 4.78 is 6.26. The molecular weight excluding hydrogens is 480 g/mol. The van der Waals surface area contributed by atoms with Crippen molar-refractivity contribution in [2.24, 2.45) is 0 Å². The molecule has 4 aromatic rings. The molecule has 0 aliphatic heterocycles. The molecule has 0 saturated heterocycles. The molecular formula is C21H19BrN6O2S. The normalized spacial score (nSPS) is 10.9. The summed E-state index contributed by atoms with van der Waals surface area (Å²) in [5, 5.41) is 14.6. The van der Waals surface area contributed by atoms with Crippen LogP contribution in [0, 0.1) is 6.92 Å². The summed E-state index contributed by atoms with van der Waals surface area (Å²) >= 11 is 4.86. The van der Waals surface area contributed by atoms with Crippen LogP contribution in [0.3, 0.4) is 0 Å². The van der Waals surface area contributed by atoms with E-state index >= 15 is 0 Å². The van der Waals surface area contributed by atoms with E-state index < -0.39 is 0 Å². The Labute approximate surface area is 191 Å². The molecule has 2 heterocycles. The van der Waals surface area contributed by atoms with Crippen LogP contribution in [0.1, 0.15) is 23.7 Å². The molecule has 0 aliphatic rings. The average molecular weight is 499 g/mol.